The minimum Gasteiger partial charge on any atom is -0.395 e. The lowest BCUT2D eigenvalue weighted by Crippen LogP contribution is -2.29. The first-order chi connectivity index (χ1) is 7.42. The first-order valence-electron chi connectivity index (χ1n) is 5.43. The molecule has 0 amide bonds. The number of ether oxygens (including phenoxy) is 1. The Balaban J connectivity index is 2.02. The molecule has 2 N–H and O–H groups in total. The maximum Gasteiger partial charge on any atom is 0.0952 e. The molecule has 1 atom stereocenters. The lowest BCUT2D eigenvalue weighted by molar-refractivity contribution is 0.0420. The Hall–Kier alpha value is -0.900. The van der Waals surface area contributed by atoms with Crippen LogP contribution in [0.1, 0.15) is 17.2 Å². The number of aliphatic hydroxyl groups is 1. The van der Waals surface area contributed by atoms with Crippen molar-refractivity contribution in [1.29, 1.82) is 0 Å². The average molecular weight is 207 g/mol. The summed E-state index contributed by atoms with van der Waals surface area (Å²) in [5, 5.41) is 11.9. The van der Waals surface area contributed by atoms with Gasteiger partial charge in [0.15, 0.2) is 0 Å². The molecule has 82 valence electrons. The van der Waals surface area contributed by atoms with Gasteiger partial charge in [-0.3, -0.25) is 0 Å². The Labute approximate surface area is 90.1 Å². The first-order valence-corrected chi connectivity index (χ1v) is 5.43. The second kappa shape index (κ2) is 5.26. The highest BCUT2D eigenvalue weighted by Gasteiger charge is 2.19. The molecule has 1 aliphatic rings. The predicted octanol–water partition coefficient (Wildman–Crippen LogP) is 0.882. The Morgan fingerprint density at radius 1 is 1.40 bits per heavy atom. The second-order valence-electron chi connectivity index (χ2n) is 3.74. The number of aliphatic hydroxyl groups excluding tert-OH is 1. The van der Waals surface area contributed by atoms with Gasteiger partial charge in [0.2, 0.25) is 0 Å². The van der Waals surface area contributed by atoms with Crippen molar-refractivity contribution in [3.8, 4) is 0 Å². The molecule has 0 radical (unpaired) electrons. The molecule has 3 heteroatoms. The maximum atomic E-state index is 8.69. The van der Waals surface area contributed by atoms with E-state index in [0.29, 0.717) is 6.54 Å². The Bertz CT molecular complexity index is 314. The Morgan fingerprint density at radius 2 is 2.27 bits per heavy atom. The Morgan fingerprint density at radius 3 is 3.13 bits per heavy atom. The lowest BCUT2D eigenvalue weighted by Gasteiger charge is -2.26. The third-order valence-electron chi connectivity index (χ3n) is 2.71. The van der Waals surface area contributed by atoms with E-state index in [9.17, 15) is 0 Å². The summed E-state index contributed by atoms with van der Waals surface area (Å²) in [5.74, 6) is 0. The number of fused-ring (bicyclic) bond motifs is 1. The highest BCUT2D eigenvalue weighted by Crippen LogP contribution is 2.25. The van der Waals surface area contributed by atoms with Gasteiger partial charge in [-0.1, -0.05) is 24.3 Å². The second-order valence-corrected chi connectivity index (χ2v) is 3.74. The van der Waals surface area contributed by atoms with Crippen LogP contribution in [0.2, 0.25) is 0 Å². The SMILES string of the molecule is OCCNCC1OCCc2ccccc21. The van der Waals surface area contributed by atoms with Gasteiger partial charge < -0.3 is 15.2 Å². The zero-order valence-corrected chi connectivity index (χ0v) is 8.78. The van der Waals surface area contributed by atoms with Gasteiger partial charge in [0.05, 0.1) is 19.3 Å². The molecular weight excluding hydrogens is 190 g/mol. The van der Waals surface area contributed by atoms with Crippen molar-refractivity contribution >= 4 is 0 Å². The molecule has 0 fully saturated rings. The van der Waals surface area contributed by atoms with E-state index in [-0.39, 0.29) is 12.7 Å². The van der Waals surface area contributed by atoms with Crippen molar-refractivity contribution in [3.63, 3.8) is 0 Å². The summed E-state index contributed by atoms with van der Waals surface area (Å²) < 4.78 is 5.71. The summed E-state index contributed by atoms with van der Waals surface area (Å²) in [6, 6.07) is 8.41. The summed E-state index contributed by atoms with van der Waals surface area (Å²) >= 11 is 0. The molecule has 2 rings (SSSR count). The van der Waals surface area contributed by atoms with E-state index in [1.54, 1.807) is 0 Å². The summed E-state index contributed by atoms with van der Waals surface area (Å²) in [7, 11) is 0. The van der Waals surface area contributed by atoms with Crippen LogP contribution in [0.5, 0.6) is 0 Å². The fraction of sp³-hybridized carbons (Fsp3) is 0.500. The standard InChI is InChI=1S/C12H17NO2/c14-7-6-13-9-12-11-4-2-1-3-10(11)5-8-15-12/h1-4,12-14H,5-9H2. The number of hydrogen-bond donors (Lipinski definition) is 2. The van der Waals surface area contributed by atoms with Crippen LogP contribution >= 0.6 is 0 Å². The lowest BCUT2D eigenvalue weighted by atomic mass is 9.98. The molecule has 0 aromatic heterocycles. The molecular formula is C12H17NO2. The topological polar surface area (TPSA) is 41.5 Å². The van der Waals surface area contributed by atoms with Crippen LogP contribution in [0.15, 0.2) is 24.3 Å². The van der Waals surface area contributed by atoms with E-state index in [1.165, 1.54) is 11.1 Å². The average Bonchev–Trinajstić information content (AvgIpc) is 2.30. The van der Waals surface area contributed by atoms with Gasteiger partial charge in [-0.25, -0.2) is 0 Å². The molecule has 1 aliphatic heterocycles. The monoisotopic (exact) mass is 207 g/mol. The molecule has 0 aliphatic carbocycles. The zero-order chi connectivity index (χ0) is 10.5. The van der Waals surface area contributed by atoms with Gasteiger partial charge in [0.1, 0.15) is 0 Å². The van der Waals surface area contributed by atoms with Gasteiger partial charge in [0, 0.05) is 13.1 Å². The quantitative estimate of drug-likeness (QED) is 0.720. The third-order valence-corrected chi connectivity index (χ3v) is 2.71. The summed E-state index contributed by atoms with van der Waals surface area (Å²) in [4.78, 5) is 0. The maximum absolute atomic E-state index is 8.69. The van der Waals surface area contributed by atoms with Crippen LogP contribution in [0, 0.1) is 0 Å². The fourth-order valence-corrected chi connectivity index (χ4v) is 1.96. The molecule has 1 heterocycles. The van der Waals surface area contributed by atoms with Gasteiger partial charge in [-0.15, -0.1) is 0 Å². The van der Waals surface area contributed by atoms with E-state index in [0.717, 1.165) is 19.6 Å². The van der Waals surface area contributed by atoms with Crippen molar-refractivity contribution < 1.29 is 9.84 Å². The first kappa shape index (κ1) is 10.6. The number of nitrogens with one attached hydrogen (secondary N) is 1. The summed E-state index contributed by atoms with van der Waals surface area (Å²) in [5.41, 5.74) is 2.67. The largest absolute Gasteiger partial charge is 0.395 e. The van der Waals surface area contributed by atoms with Gasteiger partial charge in [-0.05, 0) is 17.5 Å². The predicted molar refractivity (Wildman–Crippen MR) is 58.8 cm³/mol. The fourth-order valence-electron chi connectivity index (χ4n) is 1.96. The van der Waals surface area contributed by atoms with E-state index in [2.05, 4.69) is 23.5 Å². The third kappa shape index (κ3) is 2.56. The molecule has 15 heavy (non-hydrogen) atoms. The minimum atomic E-state index is 0.140. The number of benzene rings is 1. The van der Waals surface area contributed by atoms with E-state index in [4.69, 9.17) is 9.84 Å². The van der Waals surface area contributed by atoms with Crippen LogP contribution in [-0.2, 0) is 11.2 Å². The summed E-state index contributed by atoms with van der Waals surface area (Å²) in [6.07, 6.45) is 1.15. The highest BCUT2D eigenvalue weighted by molar-refractivity contribution is 5.31. The Kier molecular flexibility index (Phi) is 3.72. The van der Waals surface area contributed by atoms with Gasteiger partial charge in [-0.2, -0.15) is 0 Å². The van der Waals surface area contributed by atoms with Crippen LogP contribution < -0.4 is 5.32 Å². The number of rotatable bonds is 4. The molecule has 3 nitrogen and oxygen atoms in total. The molecule has 0 spiro atoms. The van der Waals surface area contributed by atoms with Gasteiger partial charge >= 0.3 is 0 Å². The molecule has 0 bridgehead atoms. The van der Waals surface area contributed by atoms with Crippen molar-refractivity contribution in [2.24, 2.45) is 0 Å². The smallest absolute Gasteiger partial charge is 0.0952 e. The highest BCUT2D eigenvalue weighted by atomic mass is 16.5. The molecule has 0 saturated heterocycles. The van der Waals surface area contributed by atoms with Crippen molar-refractivity contribution in [3.05, 3.63) is 35.4 Å². The van der Waals surface area contributed by atoms with E-state index >= 15 is 0 Å². The van der Waals surface area contributed by atoms with Gasteiger partial charge in [0.25, 0.3) is 0 Å². The van der Waals surface area contributed by atoms with E-state index < -0.39 is 0 Å². The zero-order valence-electron chi connectivity index (χ0n) is 8.78. The molecule has 1 aromatic rings. The molecule has 1 unspecified atom stereocenters. The normalized spacial score (nSPS) is 19.9. The number of hydrogen-bond acceptors (Lipinski definition) is 3. The molecule has 1 aromatic carbocycles. The van der Waals surface area contributed by atoms with Crippen molar-refractivity contribution in [2.45, 2.75) is 12.5 Å². The van der Waals surface area contributed by atoms with Crippen LogP contribution in [-0.4, -0.2) is 31.4 Å². The van der Waals surface area contributed by atoms with Crippen LogP contribution in [0.4, 0.5) is 0 Å². The van der Waals surface area contributed by atoms with Crippen LogP contribution in [0.25, 0.3) is 0 Å². The molecule has 0 saturated carbocycles. The van der Waals surface area contributed by atoms with Crippen molar-refractivity contribution in [2.75, 3.05) is 26.3 Å². The summed E-state index contributed by atoms with van der Waals surface area (Å²) in [6.45, 7) is 2.37. The minimum absolute atomic E-state index is 0.140. The van der Waals surface area contributed by atoms with Crippen molar-refractivity contribution in [1.82, 2.24) is 5.32 Å². The van der Waals surface area contributed by atoms with E-state index in [1.807, 2.05) is 6.07 Å². The van der Waals surface area contributed by atoms with Crippen LogP contribution in [0.3, 0.4) is 0 Å².